The van der Waals surface area contributed by atoms with Gasteiger partial charge in [0.2, 0.25) is 0 Å². The summed E-state index contributed by atoms with van der Waals surface area (Å²) in [5.41, 5.74) is 6.30. The van der Waals surface area contributed by atoms with Gasteiger partial charge in [-0.15, -0.1) is 0 Å². The van der Waals surface area contributed by atoms with Gasteiger partial charge in [0.1, 0.15) is 6.79 Å². The Kier molecular flexibility index (Phi) is 16.5. The molecule has 1 aliphatic rings. The van der Waals surface area contributed by atoms with Crippen LogP contribution in [0.4, 0.5) is 5.69 Å². The van der Waals surface area contributed by atoms with Gasteiger partial charge in [0.05, 0.1) is 11.1 Å². The zero-order valence-electron chi connectivity index (χ0n) is 15.5. The molecular weight excluding hydrogens is 410 g/mol. The van der Waals surface area contributed by atoms with Crippen molar-refractivity contribution in [3.63, 3.8) is 0 Å². The number of anilines is 1. The fraction of sp³-hybridized carbons (Fsp3) is 0.278. The average Bonchev–Trinajstić information content (AvgIpc) is 2.68. The Morgan fingerprint density at radius 2 is 1.61 bits per heavy atom. The fourth-order valence-corrected chi connectivity index (χ4v) is 2.29. The lowest BCUT2D eigenvalue weighted by Crippen LogP contribution is -2.30. The van der Waals surface area contributed by atoms with E-state index < -0.39 is 32.0 Å². The van der Waals surface area contributed by atoms with Crippen LogP contribution in [0.5, 0.6) is 0 Å². The Hall–Kier alpha value is -3.12. The van der Waals surface area contributed by atoms with Crippen molar-refractivity contribution in [2.24, 2.45) is 0 Å². The number of carbonyl (C=O) groups excluding carboxylic acids is 1. The zero-order valence-corrected chi connectivity index (χ0v) is 15.5. The van der Waals surface area contributed by atoms with E-state index in [1.165, 1.54) is 24.3 Å². The van der Waals surface area contributed by atoms with Crippen LogP contribution in [0.3, 0.4) is 0 Å². The van der Waals surface area contributed by atoms with Crippen molar-refractivity contribution in [2.45, 2.75) is 27.1 Å². The van der Waals surface area contributed by atoms with Crippen LogP contribution < -0.4 is 16.5 Å². The number of nitrogen functional groups attached to an aromatic ring is 1. The van der Waals surface area contributed by atoms with Gasteiger partial charge in [-0.05, 0) is 36.2 Å². The van der Waals surface area contributed by atoms with E-state index >= 15 is 0 Å². The van der Waals surface area contributed by atoms with Crippen LogP contribution >= 0.6 is 0 Å². The number of carboxylic acids is 2. The zero-order chi connectivity index (χ0) is 22.7. The first kappa shape index (κ1) is 32.5. The SMILES string of the molecule is C.C.C=O.CNC1=CC(C(=O)O)=CC(B(O)O)C1.Nc1cc(B(O)O)cc(C(=O)O)c1. The third kappa shape index (κ3) is 11.0. The lowest BCUT2D eigenvalue weighted by atomic mass is 9.68. The van der Waals surface area contributed by atoms with Gasteiger partial charge in [0.15, 0.2) is 0 Å². The molecule has 1 aromatic carbocycles. The van der Waals surface area contributed by atoms with Gasteiger partial charge in [-0.2, -0.15) is 0 Å². The van der Waals surface area contributed by atoms with Crippen LogP contribution in [-0.4, -0.2) is 70.3 Å². The van der Waals surface area contributed by atoms with Gasteiger partial charge in [-0.3, -0.25) is 0 Å². The number of nitrogens with two attached hydrogens (primary N) is 1. The molecule has 31 heavy (non-hydrogen) atoms. The van der Waals surface area contributed by atoms with Crippen molar-refractivity contribution in [3.8, 4) is 0 Å². The van der Waals surface area contributed by atoms with Crippen LogP contribution in [0.15, 0.2) is 41.6 Å². The standard InChI is InChI=1S/C8H12BNO4.C7H8BNO4.CH2O.2CH4/c1-10-7-3-5(8(11)12)2-6(4-7)9(13)14;9-6-2-4(7(10)11)1-5(3-6)8(12)13;1-2;;/h2-3,6,10,13-14H,4H2,1H3,(H,11,12);1-3,12-13H,9H2,(H,10,11);1H2;2*1H4. The molecule has 2 rings (SSSR count). The van der Waals surface area contributed by atoms with Gasteiger partial charge < -0.3 is 46.2 Å². The van der Waals surface area contributed by atoms with Crippen molar-refractivity contribution in [1.82, 2.24) is 5.32 Å². The second-order valence-corrected chi connectivity index (χ2v) is 5.70. The van der Waals surface area contributed by atoms with Crippen LogP contribution in [0.1, 0.15) is 31.6 Å². The van der Waals surface area contributed by atoms with Crippen molar-refractivity contribution in [1.29, 1.82) is 0 Å². The summed E-state index contributed by atoms with van der Waals surface area (Å²) in [5.74, 6) is -2.79. The third-order valence-corrected chi connectivity index (χ3v) is 3.65. The van der Waals surface area contributed by atoms with Gasteiger partial charge in [0.25, 0.3) is 0 Å². The molecule has 11 nitrogen and oxygen atoms in total. The average molecular weight is 440 g/mol. The van der Waals surface area contributed by atoms with Gasteiger partial charge >= 0.3 is 26.2 Å². The number of allylic oxidation sites excluding steroid dienone is 2. The Morgan fingerprint density at radius 3 is 2.00 bits per heavy atom. The number of aromatic carboxylic acids is 1. The molecule has 0 amide bonds. The van der Waals surface area contributed by atoms with E-state index in [2.05, 4.69) is 5.32 Å². The first-order valence-electron chi connectivity index (χ1n) is 8.03. The maximum absolute atomic E-state index is 10.7. The molecular formula is C18H30B2N2O9. The van der Waals surface area contributed by atoms with Crippen LogP contribution in [-0.2, 0) is 9.59 Å². The fourth-order valence-electron chi connectivity index (χ4n) is 2.29. The van der Waals surface area contributed by atoms with E-state index in [4.69, 9.17) is 40.8 Å². The first-order chi connectivity index (χ1) is 13.5. The summed E-state index contributed by atoms with van der Waals surface area (Å²) in [5, 5.41) is 55.6. The molecule has 13 heteroatoms. The highest BCUT2D eigenvalue weighted by Crippen LogP contribution is 2.26. The van der Waals surface area contributed by atoms with Gasteiger partial charge in [0, 0.05) is 24.2 Å². The molecule has 1 aromatic rings. The topological polar surface area (TPSA) is 211 Å². The molecule has 1 aliphatic carbocycles. The first-order valence-corrected chi connectivity index (χ1v) is 8.03. The largest absolute Gasteiger partial charge is 0.488 e. The highest BCUT2D eigenvalue weighted by atomic mass is 16.4. The number of aliphatic carboxylic acids is 1. The van der Waals surface area contributed by atoms with E-state index in [0.717, 1.165) is 6.07 Å². The van der Waals surface area contributed by atoms with Crippen molar-refractivity contribution in [2.75, 3.05) is 12.8 Å². The molecule has 0 aliphatic heterocycles. The number of benzene rings is 1. The highest BCUT2D eigenvalue weighted by Gasteiger charge is 2.27. The lowest BCUT2D eigenvalue weighted by Gasteiger charge is -2.19. The monoisotopic (exact) mass is 440 g/mol. The molecule has 0 bridgehead atoms. The number of rotatable bonds is 5. The van der Waals surface area contributed by atoms with E-state index in [1.54, 1.807) is 7.05 Å². The minimum atomic E-state index is -1.71. The molecule has 9 N–H and O–H groups in total. The molecule has 0 spiro atoms. The van der Waals surface area contributed by atoms with E-state index in [1.807, 2.05) is 6.79 Å². The molecule has 1 unspecified atom stereocenters. The van der Waals surface area contributed by atoms with Crippen LogP contribution in [0.25, 0.3) is 0 Å². The molecule has 0 aromatic heterocycles. The van der Waals surface area contributed by atoms with Crippen molar-refractivity contribution >= 4 is 44.1 Å². The quantitative estimate of drug-likeness (QED) is 0.207. The summed E-state index contributed by atoms with van der Waals surface area (Å²) in [7, 11) is -1.57. The number of carbonyl (C=O) groups is 3. The lowest BCUT2D eigenvalue weighted by molar-refractivity contribution is -0.132. The Balaban J connectivity index is -0.000000442. The molecule has 0 saturated carbocycles. The predicted octanol–water partition coefficient (Wildman–Crippen LogP) is -0.918. The van der Waals surface area contributed by atoms with E-state index in [9.17, 15) is 9.59 Å². The Morgan fingerprint density at radius 1 is 1.06 bits per heavy atom. The second kappa shape index (κ2) is 15.7. The van der Waals surface area contributed by atoms with Crippen LogP contribution in [0.2, 0.25) is 5.82 Å². The highest BCUT2D eigenvalue weighted by molar-refractivity contribution is 6.58. The molecule has 0 heterocycles. The molecule has 0 fully saturated rings. The number of carboxylic acid groups (broad SMARTS) is 2. The Labute approximate surface area is 181 Å². The Bertz CT molecular complexity index is 783. The third-order valence-electron chi connectivity index (χ3n) is 3.65. The number of nitrogens with one attached hydrogen (secondary N) is 1. The summed E-state index contributed by atoms with van der Waals surface area (Å²) < 4.78 is 0. The van der Waals surface area contributed by atoms with Crippen molar-refractivity contribution in [3.05, 3.63) is 47.2 Å². The molecule has 0 saturated heterocycles. The second-order valence-electron chi connectivity index (χ2n) is 5.70. The molecule has 0 radical (unpaired) electrons. The number of hydrogen-bond donors (Lipinski definition) is 8. The molecule has 172 valence electrons. The smallest absolute Gasteiger partial charge is 0.478 e. The van der Waals surface area contributed by atoms with E-state index in [-0.39, 0.29) is 37.1 Å². The molecule has 1 atom stereocenters. The summed E-state index contributed by atoms with van der Waals surface area (Å²) in [6.45, 7) is 2.00. The van der Waals surface area contributed by atoms with Crippen LogP contribution in [0, 0.1) is 0 Å². The van der Waals surface area contributed by atoms with E-state index in [0.29, 0.717) is 12.1 Å². The normalized spacial score (nSPS) is 13.6. The van der Waals surface area contributed by atoms with Gasteiger partial charge in [-0.25, -0.2) is 9.59 Å². The van der Waals surface area contributed by atoms with Crippen molar-refractivity contribution < 1.29 is 44.7 Å². The number of hydrogen-bond acceptors (Lipinski definition) is 9. The summed E-state index contributed by atoms with van der Waals surface area (Å²) in [6.07, 6.45) is 3.25. The maximum atomic E-state index is 10.7. The minimum absolute atomic E-state index is 0. The summed E-state index contributed by atoms with van der Waals surface area (Å²) >= 11 is 0. The van der Waals surface area contributed by atoms with Gasteiger partial charge in [-0.1, -0.05) is 20.9 Å². The summed E-state index contributed by atoms with van der Waals surface area (Å²) in [6, 6.07) is 3.70. The predicted molar refractivity (Wildman–Crippen MR) is 120 cm³/mol. The maximum Gasteiger partial charge on any atom is 0.488 e. The minimum Gasteiger partial charge on any atom is -0.478 e. The summed E-state index contributed by atoms with van der Waals surface area (Å²) in [4.78, 5) is 29.2.